The van der Waals surface area contributed by atoms with Gasteiger partial charge >= 0.3 is 0 Å². The van der Waals surface area contributed by atoms with Crippen LogP contribution < -0.4 is 4.74 Å². The quantitative estimate of drug-likeness (QED) is 0.916. The summed E-state index contributed by atoms with van der Waals surface area (Å²) in [4.78, 5) is 4.34. The van der Waals surface area contributed by atoms with E-state index in [2.05, 4.69) is 17.1 Å². The topological polar surface area (TPSA) is 42.4 Å². The molecule has 0 spiro atoms. The number of aromatic nitrogens is 1. The van der Waals surface area contributed by atoms with Gasteiger partial charge in [0.2, 0.25) is 5.88 Å². The molecule has 3 heteroatoms. The number of fused-ring (bicyclic) bond motifs is 1. The number of rotatable bonds is 3. The summed E-state index contributed by atoms with van der Waals surface area (Å²) < 4.78 is 5.80. The van der Waals surface area contributed by atoms with E-state index in [1.807, 2.05) is 19.1 Å². The Labute approximate surface area is 112 Å². The standard InChI is InChI=1S/C16H17NO2/c1-11-7-12(10-18)8-16(17-11)19-15-6-5-13-3-2-4-14(13)9-15/h5-9,18H,2-4,10H2,1H3. The van der Waals surface area contributed by atoms with Crippen LogP contribution in [0.4, 0.5) is 0 Å². The molecule has 2 aromatic rings. The van der Waals surface area contributed by atoms with Crippen LogP contribution in [-0.2, 0) is 19.4 Å². The van der Waals surface area contributed by atoms with E-state index < -0.39 is 0 Å². The van der Waals surface area contributed by atoms with Crippen molar-refractivity contribution >= 4 is 0 Å². The zero-order chi connectivity index (χ0) is 13.2. The van der Waals surface area contributed by atoms with Crippen molar-refractivity contribution in [2.75, 3.05) is 0 Å². The van der Waals surface area contributed by atoms with Gasteiger partial charge in [-0.25, -0.2) is 4.98 Å². The van der Waals surface area contributed by atoms with Crippen LogP contribution in [0.25, 0.3) is 0 Å². The lowest BCUT2D eigenvalue weighted by molar-refractivity contribution is 0.281. The molecule has 0 radical (unpaired) electrons. The number of aryl methyl sites for hydroxylation is 3. The summed E-state index contributed by atoms with van der Waals surface area (Å²) in [6.45, 7) is 1.90. The SMILES string of the molecule is Cc1cc(CO)cc(Oc2ccc3c(c2)CCC3)n1. The molecule has 0 saturated carbocycles. The summed E-state index contributed by atoms with van der Waals surface area (Å²) in [5, 5.41) is 9.20. The minimum absolute atomic E-state index is 0.00388. The third-order valence-corrected chi connectivity index (χ3v) is 3.46. The average molecular weight is 255 g/mol. The molecule has 3 rings (SSSR count). The van der Waals surface area contributed by atoms with Gasteiger partial charge in [0.1, 0.15) is 5.75 Å². The number of hydrogen-bond acceptors (Lipinski definition) is 3. The molecule has 0 aliphatic heterocycles. The summed E-state index contributed by atoms with van der Waals surface area (Å²) in [6, 6.07) is 9.87. The minimum atomic E-state index is 0.00388. The molecular formula is C16H17NO2. The molecule has 0 amide bonds. The van der Waals surface area contributed by atoms with Gasteiger partial charge < -0.3 is 9.84 Å². The summed E-state index contributed by atoms with van der Waals surface area (Å²) in [7, 11) is 0. The molecule has 1 aliphatic carbocycles. The molecule has 1 aromatic heterocycles. The van der Waals surface area contributed by atoms with Gasteiger partial charge in [0, 0.05) is 11.8 Å². The molecule has 0 fully saturated rings. The number of ether oxygens (including phenoxy) is 1. The van der Waals surface area contributed by atoms with Crippen molar-refractivity contribution in [3.05, 3.63) is 52.7 Å². The van der Waals surface area contributed by atoms with Gasteiger partial charge in [0.05, 0.1) is 6.61 Å². The van der Waals surface area contributed by atoms with Gasteiger partial charge in [-0.15, -0.1) is 0 Å². The van der Waals surface area contributed by atoms with Crippen molar-refractivity contribution in [2.45, 2.75) is 32.8 Å². The molecule has 1 heterocycles. The second kappa shape index (κ2) is 5.02. The van der Waals surface area contributed by atoms with Crippen molar-refractivity contribution in [1.82, 2.24) is 4.98 Å². The van der Waals surface area contributed by atoms with E-state index in [-0.39, 0.29) is 6.61 Å². The molecule has 19 heavy (non-hydrogen) atoms. The molecule has 0 atom stereocenters. The molecule has 0 bridgehead atoms. The summed E-state index contributed by atoms with van der Waals surface area (Å²) in [5.41, 5.74) is 4.49. The largest absolute Gasteiger partial charge is 0.439 e. The van der Waals surface area contributed by atoms with E-state index in [1.165, 1.54) is 24.0 Å². The Balaban J connectivity index is 1.86. The highest BCUT2D eigenvalue weighted by Crippen LogP contribution is 2.28. The van der Waals surface area contributed by atoms with Gasteiger partial charge in [-0.05, 0) is 61.1 Å². The first-order valence-corrected chi connectivity index (χ1v) is 6.63. The summed E-state index contributed by atoms with van der Waals surface area (Å²) >= 11 is 0. The number of aliphatic hydroxyl groups is 1. The van der Waals surface area contributed by atoms with Crippen LogP contribution in [0, 0.1) is 6.92 Å². The normalized spacial score (nSPS) is 13.4. The zero-order valence-corrected chi connectivity index (χ0v) is 11.0. The Morgan fingerprint density at radius 1 is 1.16 bits per heavy atom. The zero-order valence-electron chi connectivity index (χ0n) is 11.0. The molecule has 1 N–H and O–H groups in total. The Morgan fingerprint density at radius 2 is 2.00 bits per heavy atom. The Bertz CT molecular complexity index is 608. The maximum atomic E-state index is 9.20. The predicted molar refractivity (Wildman–Crippen MR) is 73.4 cm³/mol. The van der Waals surface area contributed by atoms with Crippen LogP contribution in [0.2, 0.25) is 0 Å². The number of hydrogen-bond donors (Lipinski definition) is 1. The molecule has 0 unspecified atom stereocenters. The molecular weight excluding hydrogens is 238 g/mol. The third-order valence-electron chi connectivity index (χ3n) is 3.46. The highest BCUT2D eigenvalue weighted by Gasteiger charge is 2.12. The maximum Gasteiger partial charge on any atom is 0.219 e. The Hall–Kier alpha value is -1.87. The summed E-state index contributed by atoms with van der Waals surface area (Å²) in [5.74, 6) is 1.37. The monoisotopic (exact) mass is 255 g/mol. The minimum Gasteiger partial charge on any atom is -0.439 e. The van der Waals surface area contributed by atoms with Crippen LogP contribution in [0.1, 0.15) is 28.8 Å². The van der Waals surface area contributed by atoms with Gasteiger partial charge in [-0.3, -0.25) is 0 Å². The van der Waals surface area contributed by atoms with Crippen molar-refractivity contribution in [3.8, 4) is 11.6 Å². The Kier molecular flexibility index (Phi) is 3.22. The van der Waals surface area contributed by atoms with Crippen molar-refractivity contribution < 1.29 is 9.84 Å². The predicted octanol–water partition coefficient (Wildman–Crippen LogP) is 3.16. The van der Waals surface area contributed by atoms with Crippen LogP contribution in [0.5, 0.6) is 11.6 Å². The van der Waals surface area contributed by atoms with Crippen LogP contribution >= 0.6 is 0 Å². The second-order valence-corrected chi connectivity index (χ2v) is 5.00. The number of pyridine rings is 1. The van der Waals surface area contributed by atoms with E-state index in [0.29, 0.717) is 5.88 Å². The molecule has 1 aliphatic rings. The average Bonchev–Trinajstić information content (AvgIpc) is 2.85. The van der Waals surface area contributed by atoms with Gasteiger partial charge in [-0.2, -0.15) is 0 Å². The first kappa shape index (κ1) is 12.2. The van der Waals surface area contributed by atoms with E-state index in [4.69, 9.17) is 4.74 Å². The van der Waals surface area contributed by atoms with Gasteiger partial charge in [0.15, 0.2) is 0 Å². The lowest BCUT2D eigenvalue weighted by Crippen LogP contribution is -1.94. The van der Waals surface area contributed by atoms with E-state index in [1.54, 1.807) is 6.07 Å². The lowest BCUT2D eigenvalue weighted by atomic mass is 10.1. The second-order valence-electron chi connectivity index (χ2n) is 5.00. The van der Waals surface area contributed by atoms with E-state index in [9.17, 15) is 5.11 Å². The Morgan fingerprint density at radius 3 is 2.84 bits per heavy atom. The fourth-order valence-corrected chi connectivity index (χ4v) is 2.58. The first-order valence-electron chi connectivity index (χ1n) is 6.63. The summed E-state index contributed by atoms with van der Waals surface area (Å²) in [6.07, 6.45) is 3.54. The highest BCUT2D eigenvalue weighted by molar-refractivity contribution is 5.40. The third kappa shape index (κ3) is 2.61. The fourth-order valence-electron chi connectivity index (χ4n) is 2.58. The van der Waals surface area contributed by atoms with Crippen molar-refractivity contribution in [2.24, 2.45) is 0 Å². The molecule has 1 aromatic carbocycles. The molecule has 3 nitrogen and oxygen atoms in total. The maximum absolute atomic E-state index is 9.20. The van der Waals surface area contributed by atoms with Crippen molar-refractivity contribution in [3.63, 3.8) is 0 Å². The van der Waals surface area contributed by atoms with Crippen LogP contribution in [-0.4, -0.2) is 10.1 Å². The van der Waals surface area contributed by atoms with E-state index >= 15 is 0 Å². The van der Waals surface area contributed by atoms with Crippen LogP contribution in [0.15, 0.2) is 30.3 Å². The molecule has 0 saturated heterocycles. The highest BCUT2D eigenvalue weighted by atomic mass is 16.5. The van der Waals surface area contributed by atoms with Gasteiger partial charge in [-0.1, -0.05) is 6.07 Å². The fraction of sp³-hybridized carbons (Fsp3) is 0.312. The molecule has 98 valence electrons. The number of aliphatic hydroxyl groups excluding tert-OH is 1. The van der Waals surface area contributed by atoms with Crippen LogP contribution in [0.3, 0.4) is 0 Å². The van der Waals surface area contributed by atoms with Gasteiger partial charge in [0.25, 0.3) is 0 Å². The number of benzene rings is 1. The number of nitrogens with zero attached hydrogens (tertiary/aromatic N) is 1. The lowest BCUT2D eigenvalue weighted by Gasteiger charge is -2.09. The first-order chi connectivity index (χ1) is 9.24. The van der Waals surface area contributed by atoms with Crippen molar-refractivity contribution in [1.29, 1.82) is 0 Å². The smallest absolute Gasteiger partial charge is 0.219 e. The van der Waals surface area contributed by atoms with E-state index in [0.717, 1.165) is 23.4 Å².